The van der Waals surface area contributed by atoms with Crippen molar-refractivity contribution in [1.29, 1.82) is 0 Å². The molecule has 0 spiro atoms. The molecule has 1 heterocycles. The first-order valence-electron chi connectivity index (χ1n) is 8.98. The van der Waals surface area contributed by atoms with Gasteiger partial charge in [0.25, 0.3) is 5.56 Å². The Labute approximate surface area is 158 Å². The summed E-state index contributed by atoms with van der Waals surface area (Å²) >= 11 is 0. The van der Waals surface area contributed by atoms with Gasteiger partial charge in [0, 0.05) is 24.7 Å². The van der Waals surface area contributed by atoms with E-state index in [4.69, 9.17) is 0 Å². The molecule has 0 aliphatic carbocycles. The summed E-state index contributed by atoms with van der Waals surface area (Å²) in [4.78, 5) is 26.5. The third-order valence-corrected chi connectivity index (χ3v) is 4.65. The van der Waals surface area contributed by atoms with Crippen molar-refractivity contribution in [3.8, 4) is 11.3 Å². The summed E-state index contributed by atoms with van der Waals surface area (Å²) in [6.45, 7) is 1.93. The predicted octanol–water partition coefficient (Wildman–Crippen LogP) is 3.00. The number of hydrogen-bond acceptors (Lipinski definition) is 3. The third-order valence-electron chi connectivity index (χ3n) is 4.65. The number of rotatable bonds is 6. The van der Waals surface area contributed by atoms with Crippen LogP contribution in [-0.2, 0) is 17.8 Å². The highest BCUT2D eigenvalue weighted by molar-refractivity contribution is 5.76. The maximum Gasteiger partial charge on any atom is 0.267 e. The normalized spacial score (nSPS) is 11.8. The van der Waals surface area contributed by atoms with Gasteiger partial charge in [-0.1, -0.05) is 60.7 Å². The Morgan fingerprint density at radius 2 is 1.63 bits per heavy atom. The molecule has 0 bridgehead atoms. The highest BCUT2D eigenvalue weighted by Crippen LogP contribution is 2.14. The first-order chi connectivity index (χ1) is 13.0. The molecule has 2 aromatic carbocycles. The summed E-state index contributed by atoms with van der Waals surface area (Å²) in [5, 5.41) is 4.36. The molecule has 0 fully saturated rings. The van der Waals surface area contributed by atoms with E-state index in [-0.39, 0.29) is 24.1 Å². The van der Waals surface area contributed by atoms with Gasteiger partial charge in [-0.3, -0.25) is 9.59 Å². The van der Waals surface area contributed by atoms with Crippen molar-refractivity contribution in [2.45, 2.75) is 25.9 Å². The summed E-state index contributed by atoms with van der Waals surface area (Å²) in [6.07, 6.45) is 0.759. The van der Waals surface area contributed by atoms with Crippen molar-refractivity contribution in [1.82, 2.24) is 14.7 Å². The standard InChI is InChI=1S/C22H23N3O2/c1-17(15-18-9-5-3-6-10-18)24(2)22(27)16-25-21(26)14-13-20(23-25)19-11-7-4-8-12-19/h3-14,17H,15-16H2,1-2H3/t17-/m1/s1. The van der Waals surface area contributed by atoms with Crippen LogP contribution in [0.1, 0.15) is 12.5 Å². The van der Waals surface area contributed by atoms with Crippen LogP contribution < -0.4 is 5.56 Å². The number of carbonyl (C=O) groups is 1. The summed E-state index contributed by atoms with van der Waals surface area (Å²) in [6, 6.07) is 22.8. The zero-order chi connectivity index (χ0) is 19.2. The van der Waals surface area contributed by atoms with E-state index in [2.05, 4.69) is 5.10 Å². The molecule has 0 N–H and O–H groups in total. The number of nitrogens with zero attached hydrogens (tertiary/aromatic N) is 3. The van der Waals surface area contributed by atoms with Gasteiger partial charge in [-0.25, -0.2) is 4.68 Å². The minimum atomic E-state index is -0.285. The number of hydrogen-bond donors (Lipinski definition) is 0. The lowest BCUT2D eigenvalue weighted by Crippen LogP contribution is -2.40. The maximum atomic E-state index is 12.7. The van der Waals surface area contributed by atoms with E-state index in [9.17, 15) is 9.59 Å². The van der Waals surface area contributed by atoms with Crippen LogP contribution in [-0.4, -0.2) is 33.7 Å². The first kappa shape index (κ1) is 18.6. The van der Waals surface area contributed by atoms with Crippen LogP contribution in [0.25, 0.3) is 11.3 Å². The number of likely N-dealkylation sites (N-methyl/N-ethyl adjacent to an activating group) is 1. The molecule has 5 heteroatoms. The van der Waals surface area contributed by atoms with Crippen molar-refractivity contribution in [2.75, 3.05) is 7.05 Å². The predicted molar refractivity (Wildman–Crippen MR) is 106 cm³/mol. The Bertz CT molecular complexity index is 952. The molecule has 0 saturated heterocycles. The fourth-order valence-corrected chi connectivity index (χ4v) is 2.90. The van der Waals surface area contributed by atoms with E-state index < -0.39 is 0 Å². The first-order valence-corrected chi connectivity index (χ1v) is 8.98. The van der Waals surface area contributed by atoms with Crippen molar-refractivity contribution in [3.63, 3.8) is 0 Å². The van der Waals surface area contributed by atoms with E-state index >= 15 is 0 Å². The van der Waals surface area contributed by atoms with E-state index in [0.717, 1.165) is 12.0 Å². The molecule has 0 unspecified atom stereocenters. The van der Waals surface area contributed by atoms with E-state index in [1.165, 1.54) is 16.3 Å². The molecule has 1 atom stereocenters. The number of amides is 1. The second-order valence-electron chi connectivity index (χ2n) is 6.62. The third kappa shape index (κ3) is 4.70. The Balaban J connectivity index is 1.72. The van der Waals surface area contributed by atoms with Gasteiger partial charge < -0.3 is 4.90 Å². The van der Waals surface area contributed by atoms with Crippen molar-refractivity contribution in [3.05, 3.63) is 88.7 Å². The molecule has 0 aliphatic heterocycles. The van der Waals surface area contributed by atoms with Crippen LogP contribution in [0.2, 0.25) is 0 Å². The second-order valence-corrected chi connectivity index (χ2v) is 6.62. The van der Waals surface area contributed by atoms with Crippen LogP contribution in [0.3, 0.4) is 0 Å². The molecule has 27 heavy (non-hydrogen) atoms. The molecule has 1 aromatic heterocycles. The van der Waals surface area contributed by atoms with Gasteiger partial charge in [0.05, 0.1) is 5.69 Å². The molecule has 1 amide bonds. The number of benzene rings is 2. The molecule has 0 aliphatic rings. The van der Waals surface area contributed by atoms with Crippen LogP contribution >= 0.6 is 0 Å². The Morgan fingerprint density at radius 3 is 2.30 bits per heavy atom. The van der Waals surface area contributed by atoms with Gasteiger partial charge in [-0.05, 0) is 25.0 Å². The van der Waals surface area contributed by atoms with Gasteiger partial charge in [0.2, 0.25) is 5.91 Å². The quantitative estimate of drug-likeness (QED) is 0.678. The van der Waals surface area contributed by atoms with Crippen molar-refractivity contribution >= 4 is 5.91 Å². The molecule has 0 saturated carbocycles. The van der Waals surface area contributed by atoms with E-state index in [1.54, 1.807) is 18.0 Å². The highest BCUT2D eigenvalue weighted by atomic mass is 16.2. The van der Waals surface area contributed by atoms with E-state index in [0.29, 0.717) is 5.69 Å². The van der Waals surface area contributed by atoms with Crippen LogP contribution in [0.4, 0.5) is 0 Å². The largest absolute Gasteiger partial charge is 0.341 e. The Hall–Kier alpha value is -3.21. The van der Waals surface area contributed by atoms with E-state index in [1.807, 2.05) is 67.6 Å². The lowest BCUT2D eigenvalue weighted by Gasteiger charge is -2.25. The molecule has 0 radical (unpaired) electrons. The van der Waals surface area contributed by atoms with Crippen LogP contribution in [0.5, 0.6) is 0 Å². The number of aromatic nitrogens is 2. The fraction of sp³-hybridized carbons (Fsp3) is 0.227. The number of carbonyl (C=O) groups excluding carboxylic acids is 1. The van der Waals surface area contributed by atoms with Gasteiger partial charge in [-0.15, -0.1) is 0 Å². The molecule has 3 aromatic rings. The molecular weight excluding hydrogens is 338 g/mol. The summed E-state index contributed by atoms with van der Waals surface area (Å²) in [5.74, 6) is -0.141. The lowest BCUT2D eigenvalue weighted by molar-refractivity contribution is -0.132. The van der Waals surface area contributed by atoms with Crippen molar-refractivity contribution in [2.24, 2.45) is 0 Å². The van der Waals surface area contributed by atoms with Gasteiger partial charge in [0.1, 0.15) is 6.54 Å². The van der Waals surface area contributed by atoms with Gasteiger partial charge >= 0.3 is 0 Å². The second kappa shape index (κ2) is 8.45. The molecule has 3 rings (SSSR count). The molecular formula is C22H23N3O2. The van der Waals surface area contributed by atoms with Crippen LogP contribution in [0.15, 0.2) is 77.6 Å². The smallest absolute Gasteiger partial charge is 0.267 e. The molecule has 5 nitrogen and oxygen atoms in total. The fourth-order valence-electron chi connectivity index (χ4n) is 2.90. The average Bonchev–Trinajstić information content (AvgIpc) is 2.70. The highest BCUT2D eigenvalue weighted by Gasteiger charge is 2.17. The monoisotopic (exact) mass is 361 g/mol. The minimum Gasteiger partial charge on any atom is -0.341 e. The Morgan fingerprint density at radius 1 is 1.00 bits per heavy atom. The summed E-state index contributed by atoms with van der Waals surface area (Å²) < 4.78 is 1.23. The zero-order valence-corrected chi connectivity index (χ0v) is 15.6. The van der Waals surface area contributed by atoms with Gasteiger partial charge in [-0.2, -0.15) is 5.10 Å². The SMILES string of the molecule is C[C@H](Cc1ccccc1)N(C)C(=O)Cn1nc(-c2ccccc2)ccc1=O. The van der Waals surface area contributed by atoms with Crippen molar-refractivity contribution < 1.29 is 4.79 Å². The zero-order valence-electron chi connectivity index (χ0n) is 15.6. The Kier molecular flexibility index (Phi) is 5.81. The van der Waals surface area contributed by atoms with Gasteiger partial charge in [0.15, 0.2) is 0 Å². The average molecular weight is 361 g/mol. The summed E-state index contributed by atoms with van der Waals surface area (Å²) in [5.41, 5.74) is 2.46. The maximum absolute atomic E-state index is 12.7. The topological polar surface area (TPSA) is 55.2 Å². The van der Waals surface area contributed by atoms with Crippen LogP contribution in [0, 0.1) is 0 Å². The minimum absolute atomic E-state index is 0.0212. The lowest BCUT2D eigenvalue weighted by atomic mass is 10.1. The molecule has 138 valence electrons. The summed E-state index contributed by atoms with van der Waals surface area (Å²) in [7, 11) is 1.77.